The van der Waals surface area contributed by atoms with Crippen molar-refractivity contribution in [2.24, 2.45) is 0 Å². The Balaban J connectivity index is 1.75. The molecule has 12 nitrogen and oxygen atoms in total. The van der Waals surface area contributed by atoms with E-state index in [0.29, 0.717) is 39.4 Å². The number of hydrogen-bond acceptors (Lipinski definition) is 9. The molecule has 0 fully saturated rings. The van der Waals surface area contributed by atoms with Gasteiger partial charge in [0.2, 0.25) is 27.7 Å². The summed E-state index contributed by atoms with van der Waals surface area (Å²) in [6.45, 7) is 2.84. The standard InChI is InChI=1S/C24H25ClN6O6S/c1-14(11-17-18(27-15(2)32)12-16(25)13-26-17)38(33,34)30-24-29-28-23(21-9-6-10-37-21)31(24)22-19(35-3)7-5-8-20(22)36-4/h5-10,12-14H,11H2,1-4H3,(H,27,32)(H,29,30)/t14-/m0/s1. The van der Waals surface area contributed by atoms with E-state index in [2.05, 4.69) is 25.2 Å². The van der Waals surface area contributed by atoms with Crippen LogP contribution in [0.4, 0.5) is 11.6 Å². The predicted molar refractivity (Wildman–Crippen MR) is 141 cm³/mol. The highest BCUT2D eigenvalue weighted by molar-refractivity contribution is 7.93. The van der Waals surface area contributed by atoms with E-state index in [9.17, 15) is 13.2 Å². The highest BCUT2D eigenvalue weighted by Crippen LogP contribution is 2.38. The first-order valence-corrected chi connectivity index (χ1v) is 13.2. The third kappa shape index (κ3) is 5.58. The summed E-state index contributed by atoms with van der Waals surface area (Å²) in [5.41, 5.74) is 1.05. The van der Waals surface area contributed by atoms with Crippen LogP contribution in [0.25, 0.3) is 17.3 Å². The van der Waals surface area contributed by atoms with Crippen LogP contribution in [0.2, 0.25) is 5.02 Å². The Morgan fingerprint density at radius 2 is 1.87 bits per heavy atom. The number of carbonyl (C=O) groups excluding carboxylic acids is 1. The lowest BCUT2D eigenvalue weighted by Crippen LogP contribution is -2.29. The highest BCUT2D eigenvalue weighted by Gasteiger charge is 2.29. The zero-order valence-electron chi connectivity index (χ0n) is 20.9. The lowest BCUT2D eigenvalue weighted by Gasteiger charge is -2.19. The molecule has 1 amide bonds. The molecule has 14 heteroatoms. The average Bonchev–Trinajstić information content (AvgIpc) is 3.54. The van der Waals surface area contributed by atoms with Gasteiger partial charge >= 0.3 is 0 Å². The smallest absolute Gasteiger partial charge is 0.243 e. The van der Waals surface area contributed by atoms with Gasteiger partial charge in [0.05, 0.1) is 42.1 Å². The largest absolute Gasteiger partial charge is 0.494 e. The molecule has 0 spiro atoms. The van der Waals surface area contributed by atoms with Gasteiger partial charge < -0.3 is 19.2 Å². The minimum absolute atomic E-state index is 0.0285. The fraction of sp³-hybridized carbons (Fsp3) is 0.250. The molecule has 3 aromatic heterocycles. The van der Waals surface area contributed by atoms with Crippen molar-refractivity contribution in [3.8, 4) is 28.8 Å². The molecular weight excluding hydrogens is 536 g/mol. The second-order valence-electron chi connectivity index (χ2n) is 8.16. The van der Waals surface area contributed by atoms with E-state index in [4.69, 9.17) is 25.5 Å². The molecule has 1 aromatic carbocycles. The number of anilines is 2. The number of aromatic nitrogens is 4. The number of amides is 1. The van der Waals surface area contributed by atoms with Crippen molar-refractivity contribution in [2.45, 2.75) is 25.5 Å². The summed E-state index contributed by atoms with van der Waals surface area (Å²) in [6.07, 6.45) is 2.82. The van der Waals surface area contributed by atoms with E-state index in [1.807, 2.05) is 0 Å². The molecule has 3 heterocycles. The van der Waals surface area contributed by atoms with Gasteiger partial charge in [-0.1, -0.05) is 17.7 Å². The summed E-state index contributed by atoms with van der Waals surface area (Å²) >= 11 is 6.01. The van der Waals surface area contributed by atoms with Crippen molar-refractivity contribution in [2.75, 3.05) is 24.3 Å². The SMILES string of the molecule is COc1cccc(OC)c1-n1c(NS(=O)(=O)[C@@H](C)Cc2ncc(Cl)cc2NC(C)=O)nnc1-c1ccco1. The van der Waals surface area contributed by atoms with Crippen LogP contribution in [-0.2, 0) is 21.2 Å². The molecule has 2 N–H and O–H groups in total. The summed E-state index contributed by atoms with van der Waals surface area (Å²) < 4.78 is 47.5. The highest BCUT2D eigenvalue weighted by atomic mass is 35.5. The lowest BCUT2D eigenvalue weighted by molar-refractivity contribution is -0.114. The number of benzene rings is 1. The fourth-order valence-electron chi connectivity index (χ4n) is 3.72. The number of furan rings is 1. The predicted octanol–water partition coefficient (Wildman–Crippen LogP) is 3.92. The number of para-hydroxylation sites is 1. The quantitative estimate of drug-likeness (QED) is 0.294. The molecule has 0 aliphatic heterocycles. The molecule has 0 aliphatic carbocycles. The van der Waals surface area contributed by atoms with E-state index >= 15 is 0 Å². The van der Waals surface area contributed by atoms with Crippen molar-refractivity contribution in [3.05, 3.63) is 59.6 Å². The van der Waals surface area contributed by atoms with Crippen LogP contribution in [0.1, 0.15) is 19.5 Å². The number of sulfonamides is 1. The number of nitrogens with zero attached hydrogens (tertiary/aromatic N) is 4. The summed E-state index contributed by atoms with van der Waals surface area (Å²) in [6, 6.07) is 9.97. The Labute approximate surface area is 224 Å². The molecule has 0 saturated carbocycles. The first-order valence-electron chi connectivity index (χ1n) is 11.3. The Morgan fingerprint density at radius 1 is 1.16 bits per heavy atom. The van der Waals surface area contributed by atoms with Crippen LogP contribution < -0.4 is 19.5 Å². The fourth-order valence-corrected chi connectivity index (χ4v) is 4.84. The Morgan fingerprint density at radius 3 is 2.47 bits per heavy atom. The maximum absolute atomic E-state index is 13.5. The van der Waals surface area contributed by atoms with Gasteiger partial charge in [-0.25, -0.2) is 8.42 Å². The van der Waals surface area contributed by atoms with Gasteiger partial charge in [-0.2, -0.15) is 0 Å². The van der Waals surface area contributed by atoms with Gasteiger partial charge in [0.15, 0.2) is 5.76 Å². The molecule has 0 saturated heterocycles. The van der Waals surface area contributed by atoms with Crippen LogP contribution in [0, 0.1) is 0 Å². The Bertz CT molecular complexity index is 1530. The number of pyridine rings is 1. The lowest BCUT2D eigenvalue weighted by atomic mass is 10.2. The molecule has 38 heavy (non-hydrogen) atoms. The molecule has 0 unspecified atom stereocenters. The second-order valence-corrected chi connectivity index (χ2v) is 10.7. The topological polar surface area (TPSA) is 150 Å². The van der Waals surface area contributed by atoms with Crippen molar-refractivity contribution in [1.29, 1.82) is 0 Å². The normalized spacial score (nSPS) is 12.1. The van der Waals surface area contributed by atoms with Crippen molar-refractivity contribution in [1.82, 2.24) is 19.7 Å². The molecule has 0 bridgehead atoms. The number of rotatable bonds is 10. The first-order chi connectivity index (χ1) is 18.1. The number of nitrogens with one attached hydrogen (secondary N) is 2. The monoisotopic (exact) mass is 560 g/mol. The number of carbonyl (C=O) groups is 1. The number of halogens is 1. The third-order valence-electron chi connectivity index (χ3n) is 5.52. The molecule has 0 aliphatic rings. The van der Waals surface area contributed by atoms with Gasteiger partial charge in [0, 0.05) is 19.5 Å². The van der Waals surface area contributed by atoms with E-state index in [0.717, 1.165) is 0 Å². The Kier molecular flexibility index (Phi) is 7.88. The van der Waals surface area contributed by atoms with Crippen LogP contribution >= 0.6 is 11.6 Å². The average molecular weight is 561 g/mol. The van der Waals surface area contributed by atoms with Gasteiger partial charge in [-0.05, 0) is 37.3 Å². The van der Waals surface area contributed by atoms with Crippen LogP contribution in [0.15, 0.2) is 53.3 Å². The second kappa shape index (κ2) is 11.1. The minimum atomic E-state index is -4.06. The molecule has 0 radical (unpaired) electrons. The zero-order valence-corrected chi connectivity index (χ0v) is 22.5. The summed E-state index contributed by atoms with van der Waals surface area (Å²) in [5, 5.41) is 10.2. The van der Waals surface area contributed by atoms with E-state index in [1.165, 1.54) is 51.2 Å². The van der Waals surface area contributed by atoms with Crippen molar-refractivity contribution in [3.63, 3.8) is 0 Å². The van der Waals surface area contributed by atoms with Gasteiger partial charge in [-0.3, -0.25) is 19.1 Å². The summed E-state index contributed by atoms with van der Waals surface area (Å²) in [5.74, 6) is 0.877. The first kappa shape index (κ1) is 26.9. The molecule has 200 valence electrons. The number of hydrogen-bond donors (Lipinski definition) is 2. The molecule has 1 atom stereocenters. The van der Waals surface area contributed by atoms with Crippen molar-refractivity contribution < 1.29 is 27.1 Å². The van der Waals surface area contributed by atoms with E-state index in [-0.39, 0.29) is 24.1 Å². The maximum Gasteiger partial charge on any atom is 0.243 e. The van der Waals surface area contributed by atoms with Gasteiger partial charge in [0.1, 0.15) is 17.2 Å². The van der Waals surface area contributed by atoms with Gasteiger partial charge in [0.25, 0.3) is 0 Å². The summed E-state index contributed by atoms with van der Waals surface area (Å²) in [7, 11) is -1.11. The van der Waals surface area contributed by atoms with Crippen LogP contribution in [0.5, 0.6) is 11.5 Å². The summed E-state index contributed by atoms with van der Waals surface area (Å²) in [4.78, 5) is 15.8. The third-order valence-corrected chi connectivity index (χ3v) is 7.42. The van der Waals surface area contributed by atoms with Crippen LogP contribution in [0.3, 0.4) is 0 Å². The molecule has 4 aromatic rings. The van der Waals surface area contributed by atoms with Crippen LogP contribution in [-0.4, -0.2) is 53.5 Å². The Hall–Kier alpha value is -4.10. The van der Waals surface area contributed by atoms with Crippen molar-refractivity contribution >= 4 is 39.2 Å². The number of ether oxygens (including phenoxy) is 2. The van der Waals surface area contributed by atoms with Gasteiger partial charge in [-0.15, -0.1) is 10.2 Å². The minimum Gasteiger partial charge on any atom is -0.494 e. The number of methoxy groups -OCH3 is 2. The van der Waals surface area contributed by atoms with E-state index < -0.39 is 15.3 Å². The van der Waals surface area contributed by atoms with E-state index in [1.54, 1.807) is 30.3 Å². The molecular formula is C24H25ClN6O6S. The molecule has 4 rings (SSSR count). The zero-order chi connectivity index (χ0) is 27.4. The maximum atomic E-state index is 13.5.